The average Bonchev–Trinajstić information content (AvgIpc) is 2.60. The van der Waals surface area contributed by atoms with E-state index >= 15 is 0 Å². The number of aromatic hydroxyl groups is 1. The van der Waals surface area contributed by atoms with Gasteiger partial charge < -0.3 is 20.5 Å². The third kappa shape index (κ3) is 4.71. The molecule has 2 aromatic rings. The molecule has 0 heterocycles. The second kappa shape index (κ2) is 8.17. The van der Waals surface area contributed by atoms with Gasteiger partial charge in [-0.1, -0.05) is 24.3 Å². The van der Waals surface area contributed by atoms with Crippen molar-refractivity contribution < 1.29 is 20.5 Å². The van der Waals surface area contributed by atoms with Crippen molar-refractivity contribution in [1.82, 2.24) is 0 Å². The molecule has 0 aliphatic rings. The van der Waals surface area contributed by atoms with E-state index in [1.807, 2.05) is 48.6 Å². The zero-order valence-electron chi connectivity index (χ0n) is 13.2. The first-order valence-electron chi connectivity index (χ1n) is 7.28. The molecule has 0 unspecified atom stereocenters. The van der Waals surface area contributed by atoms with E-state index < -0.39 is 0 Å². The van der Waals surface area contributed by atoms with Gasteiger partial charge in [-0.2, -0.15) is 0 Å². The molecule has 0 atom stereocenters. The van der Waals surface area contributed by atoms with Gasteiger partial charge in [-0.15, -0.1) is 14.1 Å². The molecule has 120 valence electrons. The molecule has 0 spiro atoms. The molecule has 0 amide bonds. The van der Waals surface area contributed by atoms with Crippen LogP contribution in [-0.4, -0.2) is 12.2 Å². The maximum atomic E-state index is 9.36. The highest BCUT2D eigenvalue weighted by atomic mass is 16.5. The molecule has 0 aliphatic carbocycles. The van der Waals surface area contributed by atoms with Gasteiger partial charge in [-0.05, 0) is 35.4 Å². The summed E-state index contributed by atoms with van der Waals surface area (Å²) in [5, 5.41) is 13.0. The molecule has 0 fully saturated rings. The van der Waals surface area contributed by atoms with Crippen LogP contribution in [0.5, 0.6) is 11.5 Å². The number of quaternary nitrogens is 2. The zero-order chi connectivity index (χ0) is 16.7. The minimum absolute atomic E-state index is 0.250. The van der Waals surface area contributed by atoms with E-state index in [0.717, 1.165) is 28.3 Å². The number of rotatable bonds is 6. The van der Waals surface area contributed by atoms with Crippen molar-refractivity contribution in [2.24, 2.45) is 0 Å². The lowest BCUT2D eigenvalue weighted by Gasteiger charge is -2.10. The molecule has 0 saturated heterocycles. The molecule has 2 aromatic carbocycles. The Kier molecular flexibility index (Phi) is 5.97. The van der Waals surface area contributed by atoms with Crippen molar-refractivity contribution in [2.75, 3.05) is 7.11 Å². The Morgan fingerprint density at radius 1 is 0.870 bits per heavy atom. The smallest absolute Gasteiger partial charge is 0.163 e. The summed E-state index contributed by atoms with van der Waals surface area (Å²) in [7, 11) is 9.43. The van der Waals surface area contributed by atoms with Crippen molar-refractivity contribution in [3.05, 3.63) is 85.1 Å². The highest BCUT2D eigenvalue weighted by Gasteiger charge is 2.07. The number of hydrogen-bond acceptors (Lipinski definition) is 2. The molecular weight excluding hydrogens is 288 g/mol. The van der Waals surface area contributed by atoms with Gasteiger partial charge in [0.05, 0.1) is 7.11 Å². The summed E-state index contributed by atoms with van der Waals surface area (Å²) in [4.78, 5) is 0. The number of methoxy groups -OCH3 is 1. The maximum Gasteiger partial charge on any atom is 0.163 e. The average molecular weight is 310 g/mol. The van der Waals surface area contributed by atoms with Gasteiger partial charge in [0.2, 0.25) is 0 Å². The van der Waals surface area contributed by atoms with Crippen molar-refractivity contribution in [1.29, 1.82) is 0 Å². The largest absolute Gasteiger partial charge is 0.508 e. The van der Waals surface area contributed by atoms with Crippen LogP contribution in [0.2, 0.25) is 0 Å². The van der Waals surface area contributed by atoms with Gasteiger partial charge in [0.15, 0.2) is 11.4 Å². The molecule has 0 saturated carbocycles. The normalized spacial score (nSPS) is 12.3. The molecule has 0 radical (unpaired) electrons. The topological polar surface area (TPSA) is 62.7 Å². The lowest BCUT2D eigenvalue weighted by Crippen LogP contribution is -2.84. The summed E-state index contributed by atoms with van der Waals surface area (Å²) in [6.07, 6.45) is 4.05. The number of ether oxygens (including phenoxy) is 1. The number of phenolic OH excluding ortho intramolecular Hbond substituents is 1. The number of benzene rings is 2. The molecule has 4 heteroatoms. The molecule has 0 aliphatic heterocycles. The van der Waals surface area contributed by atoms with Gasteiger partial charge >= 0.3 is 0 Å². The van der Waals surface area contributed by atoms with Gasteiger partial charge in [0.25, 0.3) is 0 Å². The first kappa shape index (κ1) is 16.8. The van der Waals surface area contributed by atoms with Crippen LogP contribution in [0.25, 0.3) is 12.2 Å². The van der Waals surface area contributed by atoms with Crippen LogP contribution in [0, 0.1) is 14.1 Å². The summed E-state index contributed by atoms with van der Waals surface area (Å²) < 4.78 is 5.17. The van der Waals surface area contributed by atoms with Crippen LogP contribution >= 0.6 is 0 Å². The minimum atomic E-state index is 0.250. The van der Waals surface area contributed by atoms with Crippen molar-refractivity contribution in [2.45, 2.75) is 0 Å². The van der Waals surface area contributed by atoms with E-state index in [1.54, 1.807) is 29.9 Å². The Labute approximate surface area is 137 Å². The highest BCUT2D eigenvalue weighted by molar-refractivity contribution is 5.62. The van der Waals surface area contributed by atoms with Gasteiger partial charge in [0.1, 0.15) is 11.5 Å². The number of hydrogen-bond donors (Lipinski definition) is 3. The van der Waals surface area contributed by atoms with E-state index in [4.69, 9.17) is 4.74 Å². The first-order valence-corrected chi connectivity index (χ1v) is 7.28. The number of nitrogens with two attached hydrogens (primary N) is 2. The second-order valence-corrected chi connectivity index (χ2v) is 4.97. The fourth-order valence-corrected chi connectivity index (χ4v) is 2.15. The monoisotopic (exact) mass is 310 g/mol. The molecule has 0 aromatic heterocycles. The fraction of sp³-hybridized carbons (Fsp3) is 0.0526. The summed E-state index contributed by atoms with van der Waals surface area (Å²) >= 11 is 0. The lowest BCUT2D eigenvalue weighted by molar-refractivity contribution is -0.594. The first-order chi connectivity index (χ1) is 11.2. The Morgan fingerprint density at radius 3 is 1.70 bits per heavy atom. The summed E-state index contributed by atoms with van der Waals surface area (Å²) in [5.41, 5.74) is 3.97. The quantitative estimate of drug-likeness (QED) is 0.559. The predicted octanol–water partition coefficient (Wildman–Crippen LogP) is 1.49. The standard InChI is InChI=1S/C19H22N2O2/c1-20-18(12-14-4-8-16(22)9-5-14)19(21-2)13-15-6-10-17(23-3)11-7-15/h4-13,22H,1-2,20-21H2,3H3. The van der Waals surface area contributed by atoms with Gasteiger partial charge in [0, 0.05) is 12.2 Å². The Hall–Kier alpha value is -2.56. The van der Waals surface area contributed by atoms with Crippen LogP contribution in [0.15, 0.2) is 59.9 Å². The minimum Gasteiger partial charge on any atom is -0.508 e. The van der Waals surface area contributed by atoms with E-state index in [0.29, 0.717) is 0 Å². The number of phenols is 1. The highest BCUT2D eigenvalue weighted by Crippen LogP contribution is 2.15. The van der Waals surface area contributed by atoms with E-state index in [-0.39, 0.29) is 5.75 Å². The molecule has 2 rings (SSSR count). The van der Waals surface area contributed by atoms with Crippen molar-refractivity contribution in [3.63, 3.8) is 0 Å². The van der Waals surface area contributed by atoms with Crippen LogP contribution in [0.3, 0.4) is 0 Å². The van der Waals surface area contributed by atoms with Crippen molar-refractivity contribution in [3.8, 4) is 11.5 Å². The van der Waals surface area contributed by atoms with Gasteiger partial charge in [-0.3, -0.25) is 0 Å². The van der Waals surface area contributed by atoms with Crippen LogP contribution in [0.4, 0.5) is 0 Å². The molecule has 23 heavy (non-hydrogen) atoms. The van der Waals surface area contributed by atoms with Crippen LogP contribution in [-0.2, 0) is 0 Å². The molecular formula is C19H22N2O2. The zero-order valence-corrected chi connectivity index (χ0v) is 13.2. The fourth-order valence-electron chi connectivity index (χ4n) is 2.15. The van der Waals surface area contributed by atoms with Crippen LogP contribution < -0.4 is 15.4 Å². The van der Waals surface area contributed by atoms with Crippen molar-refractivity contribution >= 4 is 12.2 Å². The summed E-state index contributed by atoms with van der Waals surface area (Å²) in [6, 6.07) is 14.8. The summed E-state index contributed by atoms with van der Waals surface area (Å²) in [5.74, 6) is 1.07. The lowest BCUT2D eigenvalue weighted by atomic mass is 10.1. The Morgan fingerprint density at radius 2 is 1.30 bits per heavy atom. The Bertz CT molecular complexity index is 686. The van der Waals surface area contributed by atoms with Gasteiger partial charge in [-0.25, -0.2) is 0 Å². The molecule has 0 bridgehead atoms. The maximum absolute atomic E-state index is 9.36. The van der Waals surface area contributed by atoms with E-state index in [2.05, 4.69) is 14.1 Å². The SMILES string of the molecule is [CH2-][NH2+]C(=Cc1ccc(O)cc1)C(=Cc1ccc(OC)cc1)[NH2+][CH2-]. The van der Waals surface area contributed by atoms with E-state index in [1.165, 1.54) is 0 Å². The van der Waals surface area contributed by atoms with E-state index in [9.17, 15) is 5.11 Å². The predicted molar refractivity (Wildman–Crippen MR) is 91.6 cm³/mol. The third-order valence-corrected chi connectivity index (χ3v) is 3.43. The second-order valence-electron chi connectivity index (χ2n) is 4.97. The molecule has 4 nitrogen and oxygen atoms in total. The molecule has 5 N–H and O–H groups in total. The Balaban J connectivity index is 2.31. The van der Waals surface area contributed by atoms with Crippen LogP contribution in [0.1, 0.15) is 11.1 Å². The summed E-state index contributed by atoms with van der Waals surface area (Å²) in [6.45, 7) is 0. The third-order valence-electron chi connectivity index (χ3n) is 3.43.